The van der Waals surface area contributed by atoms with Crippen LogP contribution in [0.1, 0.15) is 109 Å². The van der Waals surface area contributed by atoms with Crippen LogP contribution in [0.25, 0.3) is 33.4 Å². The van der Waals surface area contributed by atoms with E-state index in [1.807, 2.05) is 37.9 Å². The molecule has 5 aliphatic heterocycles. The summed E-state index contributed by atoms with van der Waals surface area (Å²) in [5.74, 6) is -0.943. The van der Waals surface area contributed by atoms with Crippen molar-refractivity contribution in [2.45, 2.75) is 135 Å². The van der Waals surface area contributed by atoms with Crippen LogP contribution >= 0.6 is 0 Å². The standard InChI is InChI=1S/C56H76FN9O8/c1-33-34(2)47(33)52(67)60-49-51(64-17-13-37(57)30-64)53-59-45(31-73-53)36-9-12-46-41(26-36)43(28-56(4,5)32-74-55(69)44-8-7-16-66(61-44)54(49)68)50(65(46)22-25-72-40-14-23-71-24-15-40)42-27-39(29-58-48(42)35(3)70-6)63-20-18-62(19-21-63)38-10-11-38/h9,12,26-27,29,31,33-35,37-38,40,44,47,49,51,61H,7-8,10-11,13-25,28,30,32H2,1-6H3,(H,60,67)/t33-,34+,35-,37+,44-,47?,49-,51-/m0/s1. The highest BCUT2D eigenvalue weighted by Crippen LogP contribution is 2.47. The summed E-state index contributed by atoms with van der Waals surface area (Å²) < 4.78 is 48.8. The molecule has 8 atom stereocenters. The summed E-state index contributed by atoms with van der Waals surface area (Å²) in [6, 6.07) is 6.39. The van der Waals surface area contributed by atoms with E-state index in [1.165, 1.54) is 17.9 Å². The first-order valence-electron chi connectivity index (χ1n) is 27.5. The molecule has 2 aliphatic carbocycles. The molecule has 3 aromatic heterocycles. The van der Waals surface area contributed by atoms with Crippen LogP contribution in [0.5, 0.6) is 0 Å². The van der Waals surface area contributed by atoms with Gasteiger partial charge < -0.3 is 38.1 Å². The van der Waals surface area contributed by atoms with Gasteiger partial charge in [0, 0.05) is 112 Å². The highest BCUT2D eigenvalue weighted by Gasteiger charge is 2.51. The Bertz CT molecular complexity index is 2680. The number of nitrogens with one attached hydrogen (secondary N) is 2. The molecule has 400 valence electrons. The summed E-state index contributed by atoms with van der Waals surface area (Å²) in [6.45, 7) is 17.3. The van der Waals surface area contributed by atoms with Gasteiger partial charge in [-0.2, -0.15) is 0 Å². The van der Waals surface area contributed by atoms with Crippen LogP contribution in [-0.2, 0) is 46.3 Å². The van der Waals surface area contributed by atoms with E-state index in [0.717, 1.165) is 83.7 Å². The molecule has 8 heterocycles. The minimum atomic E-state index is -1.21. The molecule has 18 heteroatoms. The smallest absolute Gasteiger partial charge is 0.324 e. The Morgan fingerprint density at radius 3 is 2.49 bits per heavy atom. The molecule has 2 amide bonds. The Morgan fingerprint density at radius 1 is 0.986 bits per heavy atom. The number of amides is 2. The van der Waals surface area contributed by atoms with Crippen LogP contribution in [0.15, 0.2) is 41.1 Å². The molecule has 0 spiro atoms. The molecular formula is C56H76FN9O8. The Labute approximate surface area is 434 Å². The SMILES string of the molecule is CO[C@@H](C)c1ncc(N2CCN(C3CC3)CC2)cc1-c1c2c3cc(ccc3n1CCOC1CCOCC1)-c1coc(n1)[C@@H](N1CC[C@@H](F)C1)[C@H](NC(=O)C1[C@@H](C)[C@H]1C)C(=O)N1CCC[C@H](N1)C(=O)OCC(C)(C)C2. The number of oxazole rings is 1. The fraction of sp³-hybridized carbons (Fsp3) is 0.661. The third-order valence-corrected chi connectivity index (χ3v) is 17.3. The lowest BCUT2D eigenvalue weighted by Crippen LogP contribution is -2.62. The summed E-state index contributed by atoms with van der Waals surface area (Å²) in [5.41, 5.74) is 9.84. The number of cyclic esters (lactones) is 1. The Balaban J connectivity index is 1.06. The number of methoxy groups -OCH3 is 1. The molecule has 7 aliphatic rings. The number of hydrogen-bond donors (Lipinski definition) is 2. The van der Waals surface area contributed by atoms with E-state index in [-0.39, 0.29) is 61.3 Å². The van der Waals surface area contributed by atoms with Crippen LogP contribution in [0, 0.1) is 23.2 Å². The number of nitrogens with zero attached hydrogens (tertiary/aromatic N) is 7. The molecule has 2 saturated carbocycles. The van der Waals surface area contributed by atoms with Gasteiger partial charge in [0.05, 0.1) is 48.7 Å². The van der Waals surface area contributed by atoms with Crippen molar-refractivity contribution in [3.05, 3.63) is 53.9 Å². The number of halogens is 1. The van der Waals surface area contributed by atoms with Crippen LogP contribution in [-0.4, -0.2) is 157 Å². The maximum atomic E-state index is 15.3. The van der Waals surface area contributed by atoms with Crippen LogP contribution in [0.4, 0.5) is 10.1 Å². The number of rotatable bonds is 12. The molecule has 6 bridgehead atoms. The molecular weight excluding hydrogens is 946 g/mol. The molecule has 17 nitrogen and oxygen atoms in total. The lowest BCUT2D eigenvalue weighted by atomic mass is 9.84. The van der Waals surface area contributed by atoms with Gasteiger partial charge >= 0.3 is 5.97 Å². The zero-order chi connectivity index (χ0) is 51.4. The minimum absolute atomic E-state index is 0.0384. The number of anilines is 1. The van der Waals surface area contributed by atoms with Crippen molar-refractivity contribution in [2.24, 2.45) is 23.2 Å². The topological polar surface area (TPSA) is 169 Å². The number of esters is 1. The number of likely N-dealkylation sites (tertiary alicyclic amines) is 1. The number of aromatic nitrogens is 3. The van der Waals surface area contributed by atoms with Crippen molar-refractivity contribution in [2.75, 3.05) is 84.3 Å². The lowest BCUT2D eigenvalue weighted by molar-refractivity contribution is -0.156. The molecule has 1 unspecified atom stereocenters. The summed E-state index contributed by atoms with van der Waals surface area (Å²) in [4.78, 5) is 60.8. The summed E-state index contributed by atoms with van der Waals surface area (Å²) in [7, 11) is 1.72. The Kier molecular flexibility index (Phi) is 14.7. The van der Waals surface area contributed by atoms with Crippen LogP contribution < -0.4 is 15.6 Å². The van der Waals surface area contributed by atoms with Crippen molar-refractivity contribution in [1.82, 2.24) is 40.1 Å². The second kappa shape index (κ2) is 21.2. The quantitative estimate of drug-likeness (QED) is 0.145. The number of hydrazine groups is 1. The maximum absolute atomic E-state index is 15.3. The minimum Gasteiger partial charge on any atom is -0.464 e. The van der Waals surface area contributed by atoms with Crippen molar-refractivity contribution in [3.63, 3.8) is 0 Å². The Hall–Kier alpha value is -4.98. The van der Waals surface area contributed by atoms with Crippen LogP contribution in [0.3, 0.4) is 0 Å². The van der Waals surface area contributed by atoms with Gasteiger partial charge in [0.25, 0.3) is 5.91 Å². The van der Waals surface area contributed by atoms with E-state index in [2.05, 4.69) is 57.2 Å². The van der Waals surface area contributed by atoms with Gasteiger partial charge in [-0.3, -0.25) is 34.2 Å². The summed E-state index contributed by atoms with van der Waals surface area (Å²) in [6.07, 6.45) is 8.25. The number of fused-ring (bicyclic) bond motifs is 6. The number of alkyl halides is 1. The largest absolute Gasteiger partial charge is 0.464 e. The van der Waals surface area contributed by atoms with Crippen molar-refractivity contribution in [1.29, 1.82) is 0 Å². The number of carbonyl (C=O) groups is 3. The predicted octanol–water partition coefficient (Wildman–Crippen LogP) is 6.64. The average Bonchev–Trinajstić information content (AvgIpc) is 4.19. The van der Waals surface area contributed by atoms with E-state index in [4.69, 9.17) is 33.3 Å². The third-order valence-electron chi connectivity index (χ3n) is 17.3. The monoisotopic (exact) mass is 1020 g/mol. The number of hydrogen-bond acceptors (Lipinski definition) is 14. The number of pyridine rings is 1. The number of ether oxygens (including phenoxy) is 4. The van der Waals surface area contributed by atoms with Gasteiger partial charge in [-0.1, -0.05) is 33.8 Å². The van der Waals surface area contributed by atoms with Gasteiger partial charge in [0.1, 0.15) is 36.3 Å². The number of benzene rings is 1. The predicted molar refractivity (Wildman–Crippen MR) is 277 cm³/mol. The van der Waals surface area contributed by atoms with Crippen molar-refractivity contribution >= 4 is 34.4 Å². The highest BCUT2D eigenvalue weighted by molar-refractivity contribution is 5.96. The van der Waals surface area contributed by atoms with Gasteiger partial charge in [-0.15, -0.1) is 0 Å². The Morgan fingerprint density at radius 2 is 1.77 bits per heavy atom. The normalized spacial score (nSPS) is 28.8. The molecule has 1 aromatic carbocycles. The van der Waals surface area contributed by atoms with Gasteiger partial charge in [-0.05, 0) is 93.9 Å². The average molecular weight is 1020 g/mol. The number of carbonyl (C=O) groups excluding carboxylic acids is 3. The zero-order valence-corrected chi connectivity index (χ0v) is 44.2. The molecule has 2 N–H and O–H groups in total. The molecule has 6 fully saturated rings. The van der Waals surface area contributed by atoms with E-state index < -0.39 is 41.6 Å². The third kappa shape index (κ3) is 10.5. The second-order valence-corrected chi connectivity index (χ2v) is 23.0. The van der Waals surface area contributed by atoms with E-state index in [1.54, 1.807) is 13.4 Å². The fourth-order valence-electron chi connectivity index (χ4n) is 12.4. The van der Waals surface area contributed by atoms with Gasteiger partial charge in [-0.25, -0.2) is 14.8 Å². The number of piperazine rings is 1. The van der Waals surface area contributed by atoms with Gasteiger partial charge in [0.2, 0.25) is 11.8 Å². The highest BCUT2D eigenvalue weighted by atomic mass is 19.1. The van der Waals surface area contributed by atoms with Crippen molar-refractivity contribution in [3.8, 4) is 22.5 Å². The lowest BCUT2D eigenvalue weighted by Gasteiger charge is -2.38. The van der Waals surface area contributed by atoms with E-state index in [0.29, 0.717) is 70.5 Å². The second-order valence-electron chi connectivity index (χ2n) is 23.0. The summed E-state index contributed by atoms with van der Waals surface area (Å²) >= 11 is 0. The first kappa shape index (κ1) is 51.1. The molecule has 4 saturated heterocycles. The molecule has 11 rings (SSSR count). The first-order valence-corrected chi connectivity index (χ1v) is 27.5. The molecule has 74 heavy (non-hydrogen) atoms. The van der Waals surface area contributed by atoms with Crippen molar-refractivity contribution < 1.29 is 42.1 Å². The van der Waals surface area contributed by atoms with Crippen LogP contribution in [0.2, 0.25) is 0 Å². The van der Waals surface area contributed by atoms with E-state index in [9.17, 15) is 9.59 Å². The summed E-state index contributed by atoms with van der Waals surface area (Å²) in [5, 5.41) is 5.54. The first-order chi connectivity index (χ1) is 35.7. The maximum Gasteiger partial charge on any atom is 0.324 e. The zero-order valence-electron chi connectivity index (χ0n) is 44.2. The van der Waals surface area contributed by atoms with Gasteiger partial charge in [0.15, 0.2) is 0 Å². The fourth-order valence-corrected chi connectivity index (χ4v) is 12.4. The molecule has 4 aromatic rings. The molecule has 0 radical (unpaired) electrons. The van der Waals surface area contributed by atoms with E-state index >= 15 is 9.18 Å².